The van der Waals surface area contributed by atoms with Gasteiger partial charge in [0, 0.05) is 49.5 Å². The highest BCUT2D eigenvalue weighted by Gasteiger charge is 2.16. The second-order valence-corrected chi connectivity index (χ2v) is 6.90. The Kier molecular flexibility index (Phi) is 8.22. The summed E-state index contributed by atoms with van der Waals surface area (Å²) in [6.45, 7) is 2.07. The fourth-order valence-electron chi connectivity index (χ4n) is 3.19. The lowest BCUT2D eigenvalue weighted by molar-refractivity contribution is 0.625. The Morgan fingerprint density at radius 3 is 2.45 bits per heavy atom. The molecule has 3 aromatic heterocycles. The van der Waals surface area contributed by atoms with Crippen LogP contribution in [0.4, 0.5) is 10.2 Å². The molecule has 0 aliphatic rings. The second-order valence-electron chi connectivity index (χ2n) is 6.90. The molecule has 4 aromatic rings. The Bertz CT molecular complexity index is 1070. The topological polar surface area (TPSA) is 70.6 Å². The lowest BCUT2D eigenvalue weighted by atomic mass is 10.1. The zero-order chi connectivity index (χ0) is 20.2. The number of aromatic nitrogens is 5. The van der Waals surface area contributed by atoms with Gasteiger partial charge in [0.1, 0.15) is 11.6 Å². The van der Waals surface area contributed by atoms with Crippen LogP contribution in [0.25, 0.3) is 11.1 Å². The van der Waals surface area contributed by atoms with Crippen molar-refractivity contribution in [2.75, 3.05) is 11.9 Å². The SMILES string of the molecule is C.C[C@@H](c1ccc(F)cc1)N(C)c1cc(-c2cn[nH]c2)cc(Cc2cnccn2)n1.Cl. The van der Waals surface area contributed by atoms with Gasteiger partial charge in [-0.1, -0.05) is 19.6 Å². The average Bonchev–Trinajstić information content (AvgIpc) is 3.29. The van der Waals surface area contributed by atoms with Crippen LogP contribution < -0.4 is 4.90 Å². The van der Waals surface area contributed by atoms with Gasteiger partial charge in [-0.25, -0.2) is 9.37 Å². The predicted molar refractivity (Wildman–Crippen MR) is 124 cm³/mol. The fourth-order valence-corrected chi connectivity index (χ4v) is 3.19. The predicted octanol–water partition coefficient (Wildman–Crippen LogP) is 5.25. The summed E-state index contributed by atoms with van der Waals surface area (Å²) in [5.41, 5.74) is 4.75. The zero-order valence-electron chi connectivity index (χ0n) is 16.7. The Morgan fingerprint density at radius 1 is 1.03 bits per heavy atom. The normalized spacial score (nSPS) is 11.2. The third-order valence-electron chi connectivity index (χ3n) is 4.97. The minimum absolute atomic E-state index is 0. The molecule has 0 saturated carbocycles. The zero-order valence-corrected chi connectivity index (χ0v) is 17.5. The Balaban J connectivity index is 0.00000171. The molecule has 0 saturated heterocycles. The standard InChI is InChI=1S/C22H21FN6.CH4.ClH/c1-15(16-3-5-19(23)6-4-16)29(2)22-10-17(18-12-26-27-13-18)9-20(28-22)11-21-14-24-7-8-25-21;;/h3-10,12-15H,11H2,1-2H3,(H,26,27);1H4;1H/t15-;;/m0../s1. The molecule has 0 aliphatic heterocycles. The van der Waals surface area contributed by atoms with Gasteiger partial charge in [-0.3, -0.25) is 15.1 Å². The van der Waals surface area contributed by atoms with E-state index in [0.717, 1.165) is 33.9 Å². The van der Waals surface area contributed by atoms with E-state index in [0.29, 0.717) is 6.42 Å². The van der Waals surface area contributed by atoms with Gasteiger partial charge in [-0.2, -0.15) is 5.10 Å². The minimum Gasteiger partial charge on any atom is -0.353 e. The van der Waals surface area contributed by atoms with Crippen molar-refractivity contribution < 1.29 is 4.39 Å². The number of anilines is 1. The van der Waals surface area contributed by atoms with Crippen molar-refractivity contribution in [3.8, 4) is 11.1 Å². The Morgan fingerprint density at radius 2 is 1.81 bits per heavy atom. The summed E-state index contributed by atoms with van der Waals surface area (Å²) in [5, 5.41) is 6.92. The average molecular weight is 441 g/mol. The smallest absolute Gasteiger partial charge is 0.129 e. The van der Waals surface area contributed by atoms with Crippen LogP contribution in [0.2, 0.25) is 0 Å². The molecule has 0 radical (unpaired) electrons. The first-order chi connectivity index (χ1) is 14.1. The van der Waals surface area contributed by atoms with Gasteiger partial charge in [0.05, 0.1) is 17.9 Å². The highest BCUT2D eigenvalue weighted by Crippen LogP contribution is 2.29. The molecule has 8 heteroatoms. The van der Waals surface area contributed by atoms with E-state index in [4.69, 9.17) is 4.98 Å². The number of halogens is 2. The molecule has 0 fully saturated rings. The van der Waals surface area contributed by atoms with E-state index < -0.39 is 0 Å². The Hall–Kier alpha value is -3.32. The molecule has 0 amide bonds. The third kappa shape index (κ3) is 5.64. The number of hydrogen-bond acceptors (Lipinski definition) is 5. The van der Waals surface area contributed by atoms with E-state index in [1.807, 2.05) is 25.4 Å². The van der Waals surface area contributed by atoms with Crippen LogP contribution in [0, 0.1) is 5.82 Å². The van der Waals surface area contributed by atoms with Gasteiger partial charge in [0.15, 0.2) is 0 Å². The Labute approximate surface area is 188 Å². The van der Waals surface area contributed by atoms with Crippen LogP contribution in [-0.4, -0.2) is 32.2 Å². The minimum atomic E-state index is -0.241. The maximum absolute atomic E-state index is 13.3. The van der Waals surface area contributed by atoms with Crippen molar-refractivity contribution in [3.05, 3.63) is 90.2 Å². The number of nitrogens with zero attached hydrogens (tertiary/aromatic N) is 5. The monoisotopic (exact) mass is 440 g/mol. The molecular formula is C23H26ClFN6. The molecule has 31 heavy (non-hydrogen) atoms. The van der Waals surface area contributed by atoms with Crippen molar-refractivity contribution in [1.29, 1.82) is 0 Å². The summed E-state index contributed by atoms with van der Waals surface area (Å²) in [6.07, 6.45) is 9.30. The van der Waals surface area contributed by atoms with Crippen molar-refractivity contribution in [2.45, 2.75) is 26.8 Å². The van der Waals surface area contributed by atoms with Crippen molar-refractivity contribution in [2.24, 2.45) is 0 Å². The highest BCUT2D eigenvalue weighted by atomic mass is 35.5. The highest BCUT2D eigenvalue weighted by molar-refractivity contribution is 5.85. The number of benzene rings is 1. The lowest BCUT2D eigenvalue weighted by Crippen LogP contribution is -2.23. The molecule has 6 nitrogen and oxygen atoms in total. The number of pyridine rings is 1. The quantitative estimate of drug-likeness (QED) is 0.443. The van der Waals surface area contributed by atoms with E-state index >= 15 is 0 Å². The maximum atomic E-state index is 13.3. The van der Waals surface area contributed by atoms with Crippen molar-refractivity contribution >= 4 is 18.2 Å². The van der Waals surface area contributed by atoms with Crippen LogP contribution >= 0.6 is 12.4 Å². The number of hydrogen-bond donors (Lipinski definition) is 1. The van der Waals surface area contributed by atoms with Crippen LogP contribution in [0.3, 0.4) is 0 Å². The molecule has 1 aromatic carbocycles. The molecule has 0 aliphatic carbocycles. The molecule has 3 heterocycles. The maximum Gasteiger partial charge on any atom is 0.129 e. The number of rotatable bonds is 6. The summed E-state index contributed by atoms with van der Waals surface area (Å²) < 4.78 is 13.3. The third-order valence-corrected chi connectivity index (χ3v) is 4.97. The molecule has 4 rings (SSSR count). The second kappa shape index (κ2) is 10.6. The number of aromatic amines is 1. The molecule has 162 valence electrons. The molecule has 0 spiro atoms. The van der Waals surface area contributed by atoms with Gasteiger partial charge in [0.2, 0.25) is 0 Å². The first-order valence-electron chi connectivity index (χ1n) is 9.33. The number of H-pyrrole nitrogens is 1. The molecule has 1 N–H and O–H groups in total. The fraction of sp³-hybridized carbons (Fsp3) is 0.217. The number of nitrogens with one attached hydrogen (secondary N) is 1. The molecule has 0 bridgehead atoms. The largest absolute Gasteiger partial charge is 0.353 e. The van der Waals surface area contributed by atoms with Crippen LogP contribution in [0.15, 0.2) is 67.4 Å². The van der Waals surface area contributed by atoms with Gasteiger partial charge in [-0.15, -0.1) is 12.4 Å². The van der Waals surface area contributed by atoms with Gasteiger partial charge in [-0.05, 0) is 42.3 Å². The first-order valence-corrected chi connectivity index (χ1v) is 9.33. The molecule has 1 atom stereocenters. The van der Waals surface area contributed by atoms with Gasteiger partial charge < -0.3 is 4.90 Å². The van der Waals surface area contributed by atoms with E-state index in [1.54, 1.807) is 36.9 Å². The van der Waals surface area contributed by atoms with Crippen LogP contribution in [0.5, 0.6) is 0 Å². The molecule has 0 unspecified atom stereocenters. The van der Waals surface area contributed by atoms with Gasteiger partial charge in [0.25, 0.3) is 0 Å². The van der Waals surface area contributed by atoms with Crippen LogP contribution in [0.1, 0.15) is 37.3 Å². The molecular weight excluding hydrogens is 415 g/mol. The summed E-state index contributed by atoms with van der Waals surface area (Å²) >= 11 is 0. The van der Waals surface area contributed by atoms with Crippen molar-refractivity contribution in [1.82, 2.24) is 25.1 Å². The summed E-state index contributed by atoms with van der Waals surface area (Å²) in [4.78, 5) is 15.4. The van der Waals surface area contributed by atoms with Crippen LogP contribution in [-0.2, 0) is 6.42 Å². The van der Waals surface area contributed by atoms with E-state index in [9.17, 15) is 4.39 Å². The van der Waals surface area contributed by atoms with Gasteiger partial charge >= 0.3 is 0 Å². The first kappa shape index (κ1) is 24.0. The van der Waals surface area contributed by atoms with E-state index in [2.05, 4.69) is 32.0 Å². The summed E-state index contributed by atoms with van der Waals surface area (Å²) in [7, 11) is 1.99. The van der Waals surface area contributed by atoms with E-state index in [-0.39, 0.29) is 31.7 Å². The lowest BCUT2D eigenvalue weighted by Gasteiger charge is -2.27. The summed E-state index contributed by atoms with van der Waals surface area (Å²) in [5.74, 6) is 0.578. The van der Waals surface area contributed by atoms with E-state index in [1.165, 1.54) is 12.1 Å². The van der Waals surface area contributed by atoms with Crippen molar-refractivity contribution in [3.63, 3.8) is 0 Å². The summed E-state index contributed by atoms with van der Waals surface area (Å²) in [6, 6.07) is 10.7.